The highest BCUT2D eigenvalue weighted by Gasteiger charge is 2.15. The molecule has 12 heavy (non-hydrogen) atoms. The molecule has 0 aliphatic heterocycles. The van der Waals surface area contributed by atoms with Crippen LogP contribution < -0.4 is 0 Å². The Labute approximate surface area is 73.1 Å². The minimum absolute atomic E-state index is 0.0166. The molecule has 1 aliphatic carbocycles. The van der Waals surface area contributed by atoms with E-state index in [9.17, 15) is 0 Å². The average molecular weight is 163 g/mol. The fourth-order valence-corrected chi connectivity index (χ4v) is 1.29. The van der Waals surface area contributed by atoms with E-state index in [-0.39, 0.29) is 5.41 Å². The summed E-state index contributed by atoms with van der Waals surface area (Å²) in [5, 5.41) is 8.35. The van der Waals surface area contributed by atoms with E-state index >= 15 is 0 Å². The Morgan fingerprint density at radius 1 is 1.58 bits per heavy atom. The van der Waals surface area contributed by atoms with Gasteiger partial charge >= 0.3 is 0 Å². The van der Waals surface area contributed by atoms with E-state index in [1.54, 1.807) is 6.26 Å². The predicted molar refractivity (Wildman–Crippen MR) is 46.9 cm³/mol. The molecule has 0 saturated carbocycles. The van der Waals surface area contributed by atoms with Gasteiger partial charge in [0, 0.05) is 11.8 Å². The standard InChI is InChI=1S/C10H13NO/c1-10(2)6-4-3-5-9(7-10)12-8-11/h4,6-7H,3,5H2,1-2H3. The van der Waals surface area contributed by atoms with Crippen LogP contribution in [0.15, 0.2) is 24.0 Å². The lowest BCUT2D eigenvalue weighted by molar-refractivity contribution is 0.349. The quantitative estimate of drug-likeness (QED) is 0.440. The van der Waals surface area contributed by atoms with Gasteiger partial charge in [-0.3, -0.25) is 0 Å². The summed E-state index contributed by atoms with van der Waals surface area (Å²) >= 11 is 0. The third-order valence-corrected chi connectivity index (χ3v) is 1.81. The van der Waals surface area contributed by atoms with Gasteiger partial charge in [-0.15, -0.1) is 5.26 Å². The topological polar surface area (TPSA) is 33.0 Å². The van der Waals surface area contributed by atoms with Gasteiger partial charge in [-0.25, -0.2) is 0 Å². The van der Waals surface area contributed by atoms with Gasteiger partial charge in [-0.2, -0.15) is 0 Å². The molecule has 0 aromatic carbocycles. The Balaban J connectivity index is 2.78. The van der Waals surface area contributed by atoms with E-state index in [1.165, 1.54) is 0 Å². The van der Waals surface area contributed by atoms with Crippen molar-refractivity contribution in [2.75, 3.05) is 0 Å². The average Bonchev–Trinajstić information content (AvgIpc) is 2.11. The number of ether oxygens (including phenoxy) is 1. The van der Waals surface area contributed by atoms with Gasteiger partial charge in [0.05, 0.1) is 0 Å². The van der Waals surface area contributed by atoms with Gasteiger partial charge in [-0.1, -0.05) is 26.0 Å². The maximum Gasteiger partial charge on any atom is 0.291 e. The van der Waals surface area contributed by atoms with E-state index in [0.29, 0.717) is 0 Å². The van der Waals surface area contributed by atoms with E-state index in [4.69, 9.17) is 10.00 Å². The van der Waals surface area contributed by atoms with Crippen molar-refractivity contribution in [3.8, 4) is 6.26 Å². The van der Waals surface area contributed by atoms with E-state index in [0.717, 1.165) is 18.6 Å². The number of hydrogen-bond donors (Lipinski definition) is 0. The molecule has 1 aliphatic rings. The molecule has 0 radical (unpaired) electrons. The highest BCUT2D eigenvalue weighted by molar-refractivity contribution is 5.15. The van der Waals surface area contributed by atoms with Crippen LogP contribution in [0.4, 0.5) is 0 Å². The Morgan fingerprint density at radius 3 is 3.00 bits per heavy atom. The third kappa shape index (κ3) is 2.43. The summed E-state index contributed by atoms with van der Waals surface area (Å²) in [4.78, 5) is 0. The Bertz CT molecular complexity index is 256. The molecule has 0 atom stereocenters. The van der Waals surface area contributed by atoms with Crippen molar-refractivity contribution in [2.24, 2.45) is 5.41 Å². The summed E-state index contributed by atoms with van der Waals surface area (Å²) in [5.74, 6) is 0.785. The summed E-state index contributed by atoms with van der Waals surface area (Å²) in [5.41, 5.74) is 0.0166. The van der Waals surface area contributed by atoms with Crippen LogP contribution in [0, 0.1) is 16.9 Å². The lowest BCUT2D eigenvalue weighted by Gasteiger charge is -2.13. The lowest BCUT2D eigenvalue weighted by atomic mass is 9.93. The highest BCUT2D eigenvalue weighted by atomic mass is 16.5. The summed E-state index contributed by atoms with van der Waals surface area (Å²) in [7, 11) is 0. The summed E-state index contributed by atoms with van der Waals surface area (Å²) < 4.78 is 4.83. The van der Waals surface area contributed by atoms with Crippen LogP contribution in [0.1, 0.15) is 26.7 Å². The van der Waals surface area contributed by atoms with Crippen LogP contribution in [-0.2, 0) is 4.74 Å². The first kappa shape index (κ1) is 8.86. The zero-order chi connectivity index (χ0) is 9.03. The van der Waals surface area contributed by atoms with Crippen molar-refractivity contribution in [1.29, 1.82) is 5.26 Å². The van der Waals surface area contributed by atoms with Crippen molar-refractivity contribution in [1.82, 2.24) is 0 Å². The fraction of sp³-hybridized carbons (Fsp3) is 0.500. The molecule has 0 aromatic rings. The largest absolute Gasteiger partial charge is 0.393 e. The molecule has 64 valence electrons. The molecule has 0 spiro atoms. The highest BCUT2D eigenvalue weighted by Crippen LogP contribution is 2.26. The Morgan fingerprint density at radius 2 is 2.33 bits per heavy atom. The molecule has 1 rings (SSSR count). The molecular weight excluding hydrogens is 150 g/mol. The van der Waals surface area contributed by atoms with Crippen LogP contribution in [0.3, 0.4) is 0 Å². The van der Waals surface area contributed by atoms with Gasteiger partial charge in [0.15, 0.2) is 0 Å². The van der Waals surface area contributed by atoms with Crippen LogP contribution >= 0.6 is 0 Å². The second kappa shape index (κ2) is 3.44. The molecule has 2 heteroatoms. The monoisotopic (exact) mass is 163 g/mol. The fourth-order valence-electron chi connectivity index (χ4n) is 1.29. The van der Waals surface area contributed by atoms with E-state index < -0.39 is 0 Å². The van der Waals surface area contributed by atoms with Gasteiger partial charge in [0.25, 0.3) is 6.26 Å². The molecule has 0 heterocycles. The van der Waals surface area contributed by atoms with Crippen molar-refractivity contribution >= 4 is 0 Å². The maximum atomic E-state index is 8.35. The van der Waals surface area contributed by atoms with Crippen molar-refractivity contribution < 1.29 is 4.74 Å². The lowest BCUT2D eigenvalue weighted by Crippen LogP contribution is -2.02. The smallest absolute Gasteiger partial charge is 0.291 e. The number of hydrogen-bond acceptors (Lipinski definition) is 2. The SMILES string of the molecule is CC1(C)C=CCCC(OC#N)=C1. The molecule has 0 fully saturated rings. The number of rotatable bonds is 1. The number of allylic oxidation sites excluding steroid dienone is 4. The molecule has 2 nitrogen and oxygen atoms in total. The summed E-state index contributed by atoms with van der Waals surface area (Å²) in [6.07, 6.45) is 9.76. The molecular formula is C10H13NO. The first-order valence-corrected chi connectivity index (χ1v) is 4.09. The first-order valence-electron chi connectivity index (χ1n) is 4.09. The van der Waals surface area contributed by atoms with Gasteiger partial charge in [-0.05, 0) is 12.5 Å². The zero-order valence-corrected chi connectivity index (χ0v) is 7.50. The maximum absolute atomic E-state index is 8.35. The van der Waals surface area contributed by atoms with Crippen molar-refractivity contribution in [3.63, 3.8) is 0 Å². The molecule has 0 unspecified atom stereocenters. The van der Waals surface area contributed by atoms with Crippen LogP contribution in [0.25, 0.3) is 0 Å². The Kier molecular flexibility index (Phi) is 2.54. The number of nitrogens with zero attached hydrogens (tertiary/aromatic N) is 1. The molecule has 0 aromatic heterocycles. The minimum Gasteiger partial charge on any atom is -0.393 e. The zero-order valence-electron chi connectivity index (χ0n) is 7.50. The number of nitriles is 1. The van der Waals surface area contributed by atoms with Gasteiger partial charge in [0.2, 0.25) is 0 Å². The second-order valence-electron chi connectivity index (χ2n) is 3.57. The van der Waals surface area contributed by atoms with E-state index in [1.807, 2.05) is 6.08 Å². The Hall–Kier alpha value is -1.23. The molecule has 0 saturated heterocycles. The summed E-state index contributed by atoms with van der Waals surface area (Å²) in [6, 6.07) is 0. The van der Waals surface area contributed by atoms with Crippen molar-refractivity contribution in [3.05, 3.63) is 24.0 Å². The van der Waals surface area contributed by atoms with Crippen LogP contribution in [-0.4, -0.2) is 0 Å². The van der Waals surface area contributed by atoms with Crippen molar-refractivity contribution in [2.45, 2.75) is 26.7 Å². The summed E-state index contributed by atoms with van der Waals surface area (Å²) in [6.45, 7) is 4.19. The molecule has 0 amide bonds. The van der Waals surface area contributed by atoms with Crippen LogP contribution in [0.2, 0.25) is 0 Å². The first-order chi connectivity index (χ1) is 5.64. The van der Waals surface area contributed by atoms with Gasteiger partial charge in [0.1, 0.15) is 5.76 Å². The van der Waals surface area contributed by atoms with Gasteiger partial charge < -0.3 is 4.74 Å². The molecule has 0 bridgehead atoms. The predicted octanol–water partition coefficient (Wildman–Crippen LogP) is 2.74. The van der Waals surface area contributed by atoms with E-state index in [2.05, 4.69) is 26.0 Å². The van der Waals surface area contributed by atoms with Crippen LogP contribution in [0.5, 0.6) is 0 Å². The minimum atomic E-state index is 0.0166. The molecule has 0 N–H and O–H groups in total. The second-order valence-corrected chi connectivity index (χ2v) is 3.57. The third-order valence-electron chi connectivity index (χ3n) is 1.81. The normalized spacial score (nSPS) is 20.6.